The van der Waals surface area contributed by atoms with Gasteiger partial charge >= 0.3 is 6.09 Å². The van der Waals surface area contributed by atoms with Gasteiger partial charge in [-0.2, -0.15) is 8.42 Å². The summed E-state index contributed by atoms with van der Waals surface area (Å²) in [6, 6.07) is 7.61. The number of nitrogens with one attached hydrogen (secondary N) is 2. The van der Waals surface area contributed by atoms with Gasteiger partial charge in [0.05, 0.1) is 5.56 Å². The van der Waals surface area contributed by atoms with Crippen LogP contribution in [0.25, 0.3) is 0 Å². The molecule has 1 unspecified atom stereocenters. The fourth-order valence-corrected chi connectivity index (χ4v) is 5.36. The molecule has 3 heterocycles. The molecule has 0 spiro atoms. The monoisotopic (exact) mass is 546 g/mol. The topological polar surface area (TPSA) is 134 Å². The first kappa shape index (κ1) is 29.2. The third kappa shape index (κ3) is 7.33. The highest BCUT2D eigenvalue weighted by Crippen LogP contribution is 2.37. The van der Waals surface area contributed by atoms with Gasteiger partial charge in [-0.1, -0.05) is 13.0 Å². The number of carbonyl (C=O) groups is 2. The SMILES string of the molecule is CC1CN(c2ncccc2C(=O)NS(=O)(=O)c2cccc(NCCN(C)C(=O)OC(C)(C)C)n2)C(C)(C)C1. The number of carbonyl (C=O) groups excluding carboxylic acids is 2. The van der Waals surface area contributed by atoms with Crippen molar-refractivity contribution in [2.75, 3.05) is 36.9 Å². The predicted octanol–water partition coefficient (Wildman–Crippen LogP) is 3.50. The average molecular weight is 547 g/mol. The Balaban J connectivity index is 1.69. The van der Waals surface area contributed by atoms with Crippen molar-refractivity contribution >= 4 is 33.7 Å². The lowest BCUT2D eigenvalue weighted by atomic mass is 9.97. The van der Waals surface area contributed by atoms with Crippen molar-refractivity contribution in [1.82, 2.24) is 19.6 Å². The van der Waals surface area contributed by atoms with Crippen molar-refractivity contribution in [2.24, 2.45) is 5.92 Å². The summed E-state index contributed by atoms with van der Waals surface area (Å²) in [5.74, 6) is 0.373. The van der Waals surface area contributed by atoms with E-state index in [2.05, 4.69) is 45.7 Å². The van der Waals surface area contributed by atoms with Crippen LogP contribution in [0.2, 0.25) is 0 Å². The lowest BCUT2D eigenvalue weighted by Gasteiger charge is -2.33. The molecule has 38 heavy (non-hydrogen) atoms. The average Bonchev–Trinajstić information content (AvgIpc) is 3.09. The number of likely N-dealkylation sites (N-methyl/N-ethyl adjacent to an activating group) is 1. The smallest absolute Gasteiger partial charge is 0.410 e. The van der Waals surface area contributed by atoms with Gasteiger partial charge in [-0.25, -0.2) is 19.5 Å². The fraction of sp³-hybridized carbons (Fsp3) is 0.538. The van der Waals surface area contributed by atoms with Crippen LogP contribution in [0.3, 0.4) is 0 Å². The first-order valence-corrected chi connectivity index (χ1v) is 14.0. The molecule has 0 aromatic carbocycles. The minimum Gasteiger partial charge on any atom is -0.444 e. The highest BCUT2D eigenvalue weighted by atomic mass is 32.2. The Bertz CT molecular complexity index is 1270. The largest absolute Gasteiger partial charge is 0.444 e. The first-order chi connectivity index (χ1) is 17.6. The van der Waals surface area contributed by atoms with Gasteiger partial charge in [0.15, 0.2) is 5.03 Å². The first-order valence-electron chi connectivity index (χ1n) is 12.5. The van der Waals surface area contributed by atoms with Crippen LogP contribution >= 0.6 is 0 Å². The summed E-state index contributed by atoms with van der Waals surface area (Å²) in [6.45, 7) is 13.0. The lowest BCUT2D eigenvalue weighted by molar-refractivity contribution is 0.0305. The van der Waals surface area contributed by atoms with E-state index in [1.54, 1.807) is 52.2 Å². The number of rotatable bonds is 8. The maximum Gasteiger partial charge on any atom is 0.410 e. The van der Waals surface area contributed by atoms with Gasteiger partial charge in [-0.05, 0) is 71.2 Å². The molecule has 0 saturated carbocycles. The molecule has 12 heteroatoms. The Morgan fingerprint density at radius 2 is 1.92 bits per heavy atom. The molecule has 1 aliphatic rings. The standard InChI is InChI=1S/C26H38N6O5S/c1-18-16-26(5,6)32(17-18)22-19(10-9-13-28-22)23(33)30-38(35,36)21-12-8-11-20(29-21)27-14-15-31(7)24(34)37-25(2,3)4/h8-13,18H,14-17H2,1-7H3,(H,27,29)(H,30,33). The van der Waals surface area contributed by atoms with E-state index in [-0.39, 0.29) is 21.9 Å². The molecule has 0 aliphatic carbocycles. The van der Waals surface area contributed by atoms with Crippen LogP contribution in [-0.2, 0) is 14.8 Å². The summed E-state index contributed by atoms with van der Waals surface area (Å²) < 4.78 is 33.6. The van der Waals surface area contributed by atoms with E-state index in [1.165, 1.54) is 17.0 Å². The minimum atomic E-state index is -4.27. The van der Waals surface area contributed by atoms with Crippen molar-refractivity contribution in [3.8, 4) is 0 Å². The van der Waals surface area contributed by atoms with E-state index in [1.807, 2.05) is 0 Å². The molecule has 1 saturated heterocycles. The summed E-state index contributed by atoms with van der Waals surface area (Å²) in [4.78, 5) is 37.3. The van der Waals surface area contributed by atoms with Crippen molar-refractivity contribution in [1.29, 1.82) is 0 Å². The van der Waals surface area contributed by atoms with Crippen molar-refractivity contribution in [3.63, 3.8) is 0 Å². The van der Waals surface area contributed by atoms with E-state index in [4.69, 9.17) is 4.74 Å². The van der Waals surface area contributed by atoms with E-state index < -0.39 is 27.6 Å². The van der Waals surface area contributed by atoms with Crippen molar-refractivity contribution < 1.29 is 22.7 Å². The van der Waals surface area contributed by atoms with Crippen LogP contribution in [0.4, 0.5) is 16.4 Å². The molecular formula is C26H38N6O5S. The summed E-state index contributed by atoms with van der Waals surface area (Å²) in [5, 5.41) is 2.69. The van der Waals surface area contributed by atoms with E-state index in [0.717, 1.165) is 13.0 Å². The van der Waals surface area contributed by atoms with Crippen molar-refractivity contribution in [3.05, 3.63) is 42.1 Å². The van der Waals surface area contributed by atoms with Gasteiger partial charge in [0.1, 0.15) is 17.2 Å². The van der Waals surface area contributed by atoms with Gasteiger partial charge in [0.2, 0.25) is 0 Å². The third-order valence-corrected chi connectivity index (χ3v) is 7.28. The summed E-state index contributed by atoms with van der Waals surface area (Å²) in [7, 11) is -2.66. The van der Waals surface area contributed by atoms with Crippen LogP contribution in [0.5, 0.6) is 0 Å². The van der Waals surface area contributed by atoms with Gasteiger partial charge in [0.25, 0.3) is 15.9 Å². The zero-order chi connectivity index (χ0) is 28.3. The second-order valence-corrected chi connectivity index (χ2v) is 12.9. The van der Waals surface area contributed by atoms with Crippen LogP contribution in [-0.4, -0.2) is 73.1 Å². The van der Waals surface area contributed by atoms with Crippen LogP contribution < -0.4 is 14.9 Å². The summed E-state index contributed by atoms with van der Waals surface area (Å²) in [6.07, 6.45) is 2.06. The van der Waals surface area contributed by atoms with Gasteiger partial charge in [-0.15, -0.1) is 0 Å². The Morgan fingerprint density at radius 1 is 1.21 bits per heavy atom. The molecule has 2 amide bonds. The molecule has 0 radical (unpaired) electrons. The molecule has 2 N–H and O–H groups in total. The highest BCUT2D eigenvalue weighted by molar-refractivity contribution is 7.90. The summed E-state index contributed by atoms with van der Waals surface area (Å²) >= 11 is 0. The van der Waals surface area contributed by atoms with E-state index >= 15 is 0 Å². The summed E-state index contributed by atoms with van der Waals surface area (Å²) in [5.41, 5.74) is -0.647. The van der Waals surface area contributed by atoms with Gasteiger partial charge in [0, 0.05) is 38.4 Å². The molecular weight excluding hydrogens is 508 g/mol. The van der Waals surface area contributed by atoms with Crippen LogP contribution in [0.15, 0.2) is 41.6 Å². The maximum atomic E-state index is 13.1. The maximum absolute atomic E-state index is 13.1. The zero-order valence-corrected chi connectivity index (χ0v) is 23.9. The number of nitrogens with zero attached hydrogens (tertiary/aromatic N) is 4. The highest BCUT2D eigenvalue weighted by Gasteiger charge is 2.39. The Hall–Kier alpha value is -3.41. The molecule has 1 atom stereocenters. The Kier molecular flexibility index (Phi) is 8.55. The zero-order valence-electron chi connectivity index (χ0n) is 23.1. The quantitative estimate of drug-likeness (QED) is 0.510. The number of sulfonamides is 1. The molecule has 2 aromatic rings. The third-order valence-electron chi connectivity index (χ3n) is 6.04. The number of pyridine rings is 2. The van der Waals surface area contributed by atoms with Crippen LogP contribution in [0, 0.1) is 5.92 Å². The number of aromatic nitrogens is 2. The van der Waals surface area contributed by atoms with Crippen LogP contribution in [0.1, 0.15) is 58.3 Å². The second-order valence-electron chi connectivity index (χ2n) is 11.2. The molecule has 1 aliphatic heterocycles. The predicted molar refractivity (Wildman–Crippen MR) is 146 cm³/mol. The van der Waals surface area contributed by atoms with Crippen molar-refractivity contribution in [2.45, 2.75) is 64.1 Å². The van der Waals surface area contributed by atoms with Gasteiger partial charge in [-0.3, -0.25) is 4.79 Å². The number of anilines is 2. The lowest BCUT2D eigenvalue weighted by Crippen LogP contribution is -2.41. The Labute approximate surface area is 225 Å². The second kappa shape index (κ2) is 11.1. The minimum absolute atomic E-state index is 0.178. The molecule has 208 valence electrons. The number of hydrogen-bond donors (Lipinski definition) is 2. The normalized spacial score (nSPS) is 17.1. The molecule has 1 fully saturated rings. The molecule has 2 aromatic heterocycles. The molecule has 0 bridgehead atoms. The Morgan fingerprint density at radius 3 is 2.55 bits per heavy atom. The van der Waals surface area contributed by atoms with Gasteiger partial charge < -0.3 is 19.9 Å². The fourth-order valence-electron chi connectivity index (χ4n) is 4.42. The number of ether oxygens (including phenoxy) is 1. The van der Waals surface area contributed by atoms with E-state index in [9.17, 15) is 18.0 Å². The number of hydrogen-bond acceptors (Lipinski definition) is 9. The molecule has 3 rings (SSSR count). The molecule has 11 nitrogen and oxygen atoms in total. The van der Waals surface area contributed by atoms with E-state index in [0.29, 0.717) is 24.8 Å². The number of amides is 2.